The largest absolute Gasteiger partial charge is 0.379 e. The fourth-order valence-electron chi connectivity index (χ4n) is 2.14. The van der Waals surface area contributed by atoms with Gasteiger partial charge >= 0.3 is 0 Å². The van der Waals surface area contributed by atoms with E-state index in [2.05, 4.69) is 22.1 Å². The maximum atomic E-state index is 12.1. The van der Waals surface area contributed by atoms with Gasteiger partial charge in [0.1, 0.15) is 9.88 Å². The molecule has 2 rings (SSSR count). The van der Waals surface area contributed by atoms with Crippen molar-refractivity contribution in [3.8, 4) is 0 Å². The fourth-order valence-corrected chi connectivity index (χ4v) is 3.16. The van der Waals surface area contributed by atoms with E-state index in [0.717, 1.165) is 67.8 Å². The molecule has 0 atom stereocenters. The van der Waals surface area contributed by atoms with Crippen molar-refractivity contribution in [2.75, 3.05) is 32.8 Å². The quantitative estimate of drug-likeness (QED) is 0.814. The molecule has 1 aliphatic rings. The summed E-state index contributed by atoms with van der Waals surface area (Å²) in [6.45, 7) is 9.04. The molecule has 1 saturated heterocycles. The molecule has 5 nitrogen and oxygen atoms in total. The first-order valence-corrected chi connectivity index (χ1v) is 8.07. The molecule has 0 aliphatic carbocycles. The van der Waals surface area contributed by atoms with Crippen LogP contribution in [0.2, 0.25) is 0 Å². The highest BCUT2D eigenvalue weighted by molar-refractivity contribution is 7.13. The topological polar surface area (TPSA) is 54.5 Å². The molecule has 0 saturated carbocycles. The van der Waals surface area contributed by atoms with E-state index in [1.165, 1.54) is 11.3 Å². The summed E-state index contributed by atoms with van der Waals surface area (Å²) in [6, 6.07) is 0. The summed E-state index contributed by atoms with van der Waals surface area (Å²) in [4.78, 5) is 19.7. The van der Waals surface area contributed by atoms with Gasteiger partial charge in [-0.15, -0.1) is 11.3 Å². The van der Waals surface area contributed by atoms with Crippen LogP contribution in [0.1, 0.15) is 40.1 Å². The van der Waals surface area contributed by atoms with Crippen LogP contribution in [0.4, 0.5) is 0 Å². The number of thiazole rings is 1. The number of aryl methyl sites for hydroxylation is 1. The van der Waals surface area contributed by atoms with Gasteiger partial charge in [0.2, 0.25) is 0 Å². The molecule has 0 bridgehead atoms. The van der Waals surface area contributed by atoms with Crippen LogP contribution >= 0.6 is 11.3 Å². The standard InChI is InChI=1S/C14H23N3O2S/c1-3-4-5-15-14(18)13-11(2)16-12(20-13)10-17-6-8-19-9-7-17/h3-10H2,1-2H3,(H,15,18). The summed E-state index contributed by atoms with van der Waals surface area (Å²) in [5.74, 6) is 0.0154. The Kier molecular flexibility index (Phi) is 5.94. The summed E-state index contributed by atoms with van der Waals surface area (Å²) in [5, 5.41) is 3.97. The van der Waals surface area contributed by atoms with Gasteiger partial charge in [-0.2, -0.15) is 0 Å². The molecule has 0 aromatic carbocycles. The van der Waals surface area contributed by atoms with Crippen molar-refractivity contribution in [3.63, 3.8) is 0 Å². The zero-order chi connectivity index (χ0) is 14.4. The van der Waals surface area contributed by atoms with Gasteiger partial charge in [0, 0.05) is 19.6 Å². The number of nitrogens with one attached hydrogen (secondary N) is 1. The predicted octanol–water partition coefficient (Wildman–Crippen LogP) is 1.81. The number of aromatic nitrogens is 1. The van der Waals surface area contributed by atoms with Gasteiger partial charge in [-0.3, -0.25) is 9.69 Å². The van der Waals surface area contributed by atoms with E-state index in [1.54, 1.807) is 0 Å². The molecule has 1 aromatic rings. The molecule has 1 aliphatic heterocycles. The lowest BCUT2D eigenvalue weighted by atomic mass is 10.3. The Morgan fingerprint density at radius 1 is 1.45 bits per heavy atom. The molecule has 0 spiro atoms. The van der Waals surface area contributed by atoms with Gasteiger partial charge in [0.25, 0.3) is 5.91 Å². The Bertz CT molecular complexity index is 442. The predicted molar refractivity (Wildman–Crippen MR) is 80.2 cm³/mol. The van der Waals surface area contributed by atoms with Gasteiger partial charge in [-0.1, -0.05) is 13.3 Å². The second kappa shape index (κ2) is 7.71. The SMILES string of the molecule is CCCCNC(=O)c1sc(CN2CCOCC2)nc1C. The van der Waals surface area contributed by atoms with Crippen LogP contribution in [0.3, 0.4) is 0 Å². The van der Waals surface area contributed by atoms with Gasteiger partial charge in [-0.05, 0) is 13.3 Å². The molecule has 6 heteroatoms. The third-order valence-corrected chi connectivity index (χ3v) is 4.47. The second-order valence-electron chi connectivity index (χ2n) is 5.02. The number of morpholine rings is 1. The number of hydrogen-bond acceptors (Lipinski definition) is 5. The lowest BCUT2D eigenvalue weighted by Gasteiger charge is -2.25. The number of rotatable bonds is 6. The van der Waals surface area contributed by atoms with Crippen LogP contribution in [-0.4, -0.2) is 48.6 Å². The molecule has 112 valence electrons. The summed E-state index contributed by atoms with van der Waals surface area (Å²) < 4.78 is 5.34. The van der Waals surface area contributed by atoms with Crippen LogP contribution in [0.5, 0.6) is 0 Å². The van der Waals surface area contributed by atoms with Gasteiger partial charge in [-0.25, -0.2) is 4.98 Å². The van der Waals surface area contributed by atoms with Crippen LogP contribution < -0.4 is 5.32 Å². The number of unbranched alkanes of at least 4 members (excludes halogenated alkanes) is 1. The van der Waals surface area contributed by atoms with Crippen molar-refractivity contribution >= 4 is 17.2 Å². The molecular weight excluding hydrogens is 274 g/mol. The fraction of sp³-hybridized carbons (Fsp3) is 0.714. The van der Waals surface area contributed by atoms with E-state index < -0.39 is 0 Å². The molecule has 1 N–H and O–H groups in total. The van der Waals surface area contributed by atoms with E-state index >= 15 is 0 Å². The van der Waals surface area contributed by atoms with Gasteiger partial charge in [0.15, 0.2) is 0 Å². The van der Waals surface area contributed by atoms with Crippen LogP contribution in [0.25, 0.3) is 0 Å². The lowest BCUT2D eigenvalue weighted by Crippen LogP contribution is -2.35. The summed E-state index contributed by atoms with van der Waals surface area (Å²) in [5.41, 5.74) is 0.840. The lowest BCUT2D eigenvalue weighted by molar-refractivity contribution is 0.0341. The summed E-state index contributed by atoms with van der Waals surface area (Å²) in [6.07, 6.45) is 2.11. The van der Waals surface area contributed by atoms with Crippen molar-refractivity contribution in [2.45, 2.75) is 33.2 Å². The number of carbonyl (C=O) groups excluding carboxylic acids is 1. The number of ether oxygens (including phenoxy) is 1. The number of amides is 1. The monoisotopic (exact) mass is 297 g/mol. The first-order chi connectivity index (χ1) is 9.70. The molecule has 0 radical (unpaired) electrons. The van der Waals surface area contributed by atoms with Crippen molar-refractivity contribution in [1.29, 1.82) is 0 Å². The number of nitrogens with zero attached hydrogens (tertiary/aromatic N) is 2. The molecule has 1 amide bonds. The van der Waals surface area contributed by atoms with Crippen molar-refractivity contribution < 1.29 is 9.53 Å². The van der Waals surface area contributed by atoms with Crippen molar-refractivity contribution in [1.82, 2.24) is 15.2 Å². The first kappa shape index (κ1) is 15.4. The Balaban J connectivity index is 1.92. The van der Waals surface area contributed by atoms with Gasteiger partial charge < -0.3 is 10.1 Å². The van der Waals surface area contributed by atoms with Crippen LogP contribution in [0, 0.1) is 6.92 Å². The molecule has 1 aromatic heterocycles. The number of carbonyl (C=O) groups is 1. The average molecular weight is 297 g/mol. The van der Waals surface area contributed by atoms with Crippen molar-refractivity contribution in [2.24, 2.45) is 0 Å². The maximum absolute atomic E-state index is 12.1. The van der Waals surface area contributed by atoms with E-state index in [-0.39, 0.29) is 5.91 Å². The minimum atomic E-state index is 0.0154. The molecular formula is C14H23N3O2S. The van der Waals surface area contributed by atoms with Crippen molar-refractivity contribution in [3.05, 3.63) is 15.6 Å². The maximum Gasteiger partial charge on any atom is 0.263 e. The van der Waals surface area contributed by atoms with Crippen LogP contribution in [-0.2, 0) is 11.3 Å². The third kappa shape index (κ3) is 4.26. The molecule has 0 unspecified atom stereocenters. The zero-order valence-corrected chi connectivity index (χ0v) is 13.1. The molecule has 2 heterocycles. The highest BCUT2D eigenvalue weighted by atomic mass is 32.1. The zero-order valence-electron chi connectivity index (χ0n) is 12.3. The highest BCUT2D eigenvalue weighted by Gasteiger charge is 2.17. The minimum Gasteiger partial charge on any atom is -0.379 e. The van der Waals surface area contributed by atoms with E-state index in [1.807, 2.05) is 6.92 Å². The Hall–Kier alpha value is -0.980. The molecule has 1 fully saturated rings. The minimum absolute atomic E-state index is 0.0154. The second-order valence-corrected chi connectivity index (χ2v) is 6.10. The van der Waals surface area contributed by atoms with E-state index in [9.17, 15) is 4.79 Å². The summed E-state index contributed by atoms with van der Waals surface area (Å²) >= 11 is 1.51. The third-order valence-electron chi connectivity index (χ3n) is 3.33. The number of hydrogen-bond donors (Lipinski definition) is 1. The Morgan fingerprint density at radius 2 is 2.20 bits per heavy atom. The Labute approximate surface area is 124 Å². The average Bonchev–Trinajstić information content (AvgIpc) is 2.81. The first-order valence-electron chi connectivity index (χ1n) is 7.25. The summed E-state index contributed by atoms with van der Waals surface area (Å²) in [7, 11) is 0. The van der Waals surface area contributed by atoms with Crippen LogP contribution in [0.15, 0.2) is 0 Å². The van der Waals surface area contributed by atoms with Gasteiger partial charge in [0.05, 0.1) is 25.5 Å². The van der Waals surface area contributed by atoms with E-state index in [0.29, 0.717) is 0 Å². The normalized spacial score (nSPS) is 16.3. The molecule has 20 heavy (non-hydrogen) atoms. The Morgan fingerprint density at radius 3 is 2.90 bits per heavy atom. The highest BCUT2D eigenvalue weighted by Crippen LogP contribution is 2.20. The van der Waals surface area contributed by atoms with E-state index in [4.69, 9.17) is 4.74 Å². The smallest absolute Gasteiger partial charge is 0.263 e.